The zero-order valence-electron chi connectivity index (χ0n) is 7.44. The normalized spacial score (nSPS) is 14.1. The van der Waals surface area contributed by atoms with Crippen molar-refractivity contribution in [2.45, 2.75) is 26.2 Å². The molecule has 0 aromatic rings. The van der Waals surface area contributed by atoms with Gasteiger partial charge >= 0.3 is 0 Å². The molecule has 0 aliphatic heterocycles. The van der Waals surface area contributed by atoms with E-state index in [1.165, 1.54) is 19.3 Å². The number of halogens is 1. The third kappa shape index (κ3) is 6.57. The Hall–Kier alpha value is 0.180. The first-order chi connectivity index (χ1) is 5.35. The maximum Gasteiger partial charge on any atom is -0.00492 e. The van der Waals surface area contributed by atoms with E-state index in [2.05, 4.69) is 34.2 Å². The number of allylic oxidation sites excluding steroid dienone is 1. The number of hydrogen-bond donors (Lipinski definition) is 1. The van der Waals surface area contributed by atoms with Gasteiger partial charge in [-0.25, -0.2) is 0 Å². The highest BCUT2D eigenvalue weighted by atomic mass is 79.9. The fourth-order valence-electron chi connectivity index (χ4n) is 1.08. The summed E-state index contributed by atoms with van der Waals surface area (Å²) in [5.41, 5.74) is 0. The molecule has 1 N–H and O–H groups in total. The van der Waals surface area contributed by atoms with Gasteiger partial charge in [0.25, 0.3) is 0 Å². The molecule has 0 spiro atoms. The largest absolute Gasteiger partial charge is 0.320 e. The highest BCUT2D eigenvalue weighted by molar-refractivity contribution is 9.11. The number of rotatable bonds is 6. The summed E-state index contributed by atoms with van der Waals surface area (Å²) < 4.78 is 0. The first kappa shape index (κ1) is 11.2. The molecule has 0 radical (unpaired) electrons. The van der Waals surface area contributed by atoms with E-state index in [4.69, 9.17) is 0 Å². The molecule has 0 rings (SSSR count). The highest BCUT2D eigenvalue weighted by Crippen LogP contribution is 2.13. The first-order valence-electron chi connectivity index (χ1n) is 4.25. The van der Waals surface area contributed by atoms with Crippen molar-refractivity contribution in [3.63, 3.8) is 0 Å². The third-order valence-electron chi connectivity index (χ3n) is 1.94. The van der Waals surface area contributed by atoms with E-state index in [1.54, 1.807) is 0 Å². The molecule has 2 heteroatoms. The van der Waals surface area contributed by atoms with Gasteiger partial charge in [0.15, 0.2) is 0 Å². The van der Waals surface area contributed by atoms with Crippen LogP contribution in [0.1, 0.15) is 26.2 Å². The lowest BCUT2D eigenvalue weighted by molar-refractivity contribution is 0.466. The summed E-state index contributed by atoms with van der Waals surface area (Å²) >= 11 is 3.28. The van der Waals surface area contributed by atoms with Crippen molar-refractivity contribution in [2.24, 2.45) is 5.92 Å². The van der Waals surface area contributed by atoms with E-state index < -0.39 is 0 Å². The van der Waals surface area contributed by atoms with Gasteiger partial charge in [0.2, 0.25) is 0 Å². The number of hydrogen-bond acceptors (Lipinski definition) is 1. The average molecular weight is 220 g/mol. The van der Waals surface area contributed by atoms with Crippen molar-refractivity contribution in [2.75, 3.05) is 13.6 Å². The lowest BCUT2D eigenvalue weighted by atomic mass is 9.99. The van der Waals surface area contributed by atoms with Gasteiger partial charge in [-0.15, -0.1) is 0 Å². The van der Waals surface area contributed by atoms with Crippen molar-refractivity contribution >= 4 is 15.9 Å². The summed E-state index contributed by atoms with van der Waals surface area (Å²) in [7, 11) is 2.01. The second kappa shape index (κ2) is 8.28. The van der Waals surface area contributed by atoms with Crippen LogP contribution in [0.2, 0.25) is 0 Å². The van der Waals surface area contributed by atoms with E-state index in [-0.39, 0.29) is 0 Å². The molecule has 1 unspecified atom stereocenters. The molecule has 0 aliphatic rings. The van der Waals surface area contributed by atoms with Gasteiger partial charge in [-0.1, -0.05) is 35.4 Å². The number of nitrogens with one attached hydrogen (secondary N) is 1. The van der Waals surface area contributed by atoms with Crippen molar-refractivity contribution in [1.29, 1.82) is 0 Å². The Kier molecular flexibility index (Phi) is 8.41. The molecule has 1 atom stereocenters. The molecule has 0 aromatic heterocycles. The molecule has 0 heterocycles. The Morgan fingerprint density at radius 2 is 2.27 bits per heavy atom. The van der Waals surface area contributed by atoms with Crippen LogP contribution in [0.5, 0.6) is 0 Å². The van der Waals surface area contributed by atoms with Crippen LogP contribution >= 0.6 is 15.9 Å². The fraction of sp³-hybridized carbons (Fsp3) is 0.778. The molecule has 0 bridgehead atoms. The van der Waals surface area contributed by atoms with Gasteiger partial charge in [0.05, 0.1) is 0 Å². The van der Waals surface area contributed by atoms with Crippen LogP contribution in [0.3, 0.4) is 0 Å². The fourth-order valence-corrected chi connectivity index (χ4v) is 1.30. The van der Waals surface area contributed by atoms with E-state index in [0.717, 1.165) is 12.5 Å². The monoisotopic (exact) mass is 219 g/mol. The third-order valence-corrected chi connectivity index (χ3v) is 2.31. The Balaban J connectivity index is 3.40. The SMILES string of the molecule is CCC(C/C=C/Br)CCNC. The van der Waals surface area contributed by atoms with Crippen LogP contribution in [0.15, 0.2) is 11.1 Å². The summed E-state index contributed by atoms with van der Waals surface area (Å²) in [5, 5.41) is 3.17. The predicted octanol–water partition coefficient (Wildman–Crippen LogP) is 2.92. The second-order valence-corrected chi connectivity index (χ2v) is 3.29. The molecule has 0 aliphatic carbocycles. The molecular formula is C9H18BrN. The first-order valence-corrected chi connectivity index (χ1v) is 5.16. The van der Waals surface area contributed by atoms with Gasteiger partial charge in [-0.2, -0.15) is 0 Å². The molecule has 0 aromatic carbocycles. The van der Waals surface area contributed by atoms with Crippen molar-refractivity contribution in [1.82, 2.24) is 5.32 Å². The molecule has 0 saturated heterocycles. The Bertz CT molecular complexity index is 102. The average Bonchev–Trinajstić information content (AvgIpc) is 2.05. The molecule has 11 heavy (non-hydrogen) atoms. The maximum atomic E-state index is 3.28. The van der Waals surface area contributed by atoms with Crippen molar-refractivity contribution in [3.05, 3.63) is 11.1 Å². The van der Waals surface area contributed by atoms with Crippen LogP contribution in [0.25, 0.3) is 0 Å². The van der Waals surface area contributed by atoms with Crippen LogP contribution in [-0.2, 0) is 0 Å². The molecule has 0 amide bonds. The van der Waals surface area contributed by atoms with E-state index in [9.17, 15) is 0 Å². The summed E-state index contributed by atoms with van der Waals surface area (Å²) in [5.74, 6) is 0.844. The minimum atomic E-state index is 0.844. The highest BCUT2D eigenvalue weighted by Gasteiger charge is 2.01. The summed E-state index contributed by atoms with van der Waals surface area (Å²) in [6.07, 6.45) is 5.94. The summed E-state index contributed by atoms with van der Waals surface area (Å²) in [4.78, 5) is 1.95. The van der Waals surface area contributed by atoms with Crippen molar-refractivity contribution in [3.8, 4) is 0 Å². The summed E-state index contributed by atoms with van der Waals surface area (Å²) in [6.45, 7) is 3.39. The van der Waals surface area contributed by atoms with Gasteiger partial charge < -0.3 is 5.32 Å². The van der Waals surface area contributed by atoms with Crippen LogP contribution in [-0.4, -0.2) is 13.6 Å². The molecule has 0 saturated carbocycles. The van der Waals surface area contributed by atoms with Crippen LogP contribution < -0.4 is 5.32 Å². The predicted molar refractivity (Wildman–Crippen MR) is 55.0 cm³/mol. The van der Waals surface area contributed by atoms with Gasteiger partial charge in [-0.3, -0.25) is 0 Å². The van der Waals surface area contributed by atoms with Crippen LogP contribution in [0, 0.1) is 5.92 Å². The summed E-state index contributed by atoms with van der Waals surface area (Å²) in [6, 6.07) is 0. The maximum absolute atomic E-state index is 3.28. The molecule has 66 valence electrons. The minimum absolute atomic E-state index is 0.844. The van der Waals surface area contributed by atoms with E-state index in [1.807, 2.05) is 12.0 Å². The zero-order chi connectivity index (χ0) is 8.53. The topological polar surface area (TPSA) is 12.0 Å². The lowest BCUT2D eigenvalue weighted by Crippen LogP contribution is -2.12. The second-order valence-electron chi connectivity index (χ2n) is 2.76. The standard InChI is InChI=1S/C9H18BrN/c1-3-9(5-4-7-10)6-8-11-2/h4,7,9,11H,3,5-6,8H2,1-2H3/b7-4+. The van der Waals surface area contributed by atoms with E-state index in [0.29, 0.717) is 0 Å². The van der Waals surface area contributed by atoms with Gasteiger partial charge in [0.1, 0.15) is 0 Å². The Morgan fingerprint density at radius 3 is 2.73 bits per heavy atom. The van der Waals surface area contributed by atoms with E-state index >= 15 is 0 Å². The quantitative estimate of drug-likeness (QED) is 0.725. The molecular weight excluding hydrogens is 202 g/mol. The van der Waals surface area contributed by atoms with Gasteiger partial charge in [0, 0.05) is 0 Å². The van der Waals surface area contributed by atoms with Gasteiger partial charge in [-0.05, 0) is 37.3 Å². The smallest absolute Gasteiger partial charge is 0.00492 e. The molecule has 1 nitrogen and oxygen atoms in total. The Morgan fingerprint density at radius 1 is 1.55 bits per heavy atom. The molecule has 0 fully saturated rings. The van der Waals surface area contributed by atoms with Crippen molar-refractivity contribution < 1.29 is 0 Å². The minimum Gasteiger partial charge on any atom is -0.320 e. The van der Waals surface area contributed by atoms with Crippen LogP contribution in [0.4, 0.5) is 0 Å². The Labute approximate surface area is 78.4 Å². The lowest BCUT2D eigenvalue weighted by Gasteiger charge is -2.10. The zero-order valence-corrected chi connectivity index (χ0v) is 9.02.